The Balaban J connectivity index is 1.59. The van der Waals surface area contributed by atoms with Crippen LogP contribution in [-0.4, -0.2) is 60.2 Å². The zero-order valence-electron chi connectivity index (χ0n) is 19.8. The molecule has 2 atom stereocenters. The first-order valence-electron chi connectivity index (χ1n) is 11.1. The second kappa shape index (κ2) is 10.5. The molecule has 1 amide bonds. The Bertz CT molecular complexity index is 1270. The van der Waals surface area contributed by atoms with E-state index in [1.807, 2.05) is 18.9 Å². The topological polar surface area (TPSA) is 88.6 Å². The summed E-state index contributed by atoms with van der Waals surface area (Å²) in [6, 6.07) is 7.88. The van der Waals surface area contributed by atoms with Crippen molar-refractivity contribution in [2.24, 2.45) is 0 Å². The largest absolute Gasteiger partial charge is 0.493 e. The quantitative estimate of drug-likeness (QED) is 0.446. The first kappa shape index (κ1) is 24.7. The molecule has 8 nitrogen and oxygen atoms in total. The van der Waals surface area contributed by atoms with Gasteiger partial charge in [-0.25, -0.2) is 14.4 Å². The van der Waals surface area contributed by atoms with Gasteiger partial charge >= 0.3 is 0 Å². The molecule has 184 valence electrons. The standard InChI is InChI=1S/C25H27ClFN5O3/c1-14(2)11-28-25(33)20-8-15(12-32(20)3)35-22-9-16-19(10-21(22)34-4)29-13-30-24(16)31-18-7-5-6-17(26)23(18)27/h5-7,9-10,13,15,20H,1,8,11-12H2,2-4H3,(H,28,33)(H,29,30,31)/t15-,20+/m0/s1. The van der Waals surface area contributed by atoms with Gasteiger partial charge in [-0.15, -0.1) is 0 Å². The Morgan fingerprint density at radius 2 is 2.11 bits per heavy atom. The van der Waals surface area contributed by atoms with Crippen molar-refractivity contribution in [3.05, 3.63) is 59.7 Å². The number of carbonyl (C=O) groups is 1. The summed E-state index contributed by atoms with van der Waals surface area (Å²) in [5.41, 5.74) is 1.67. The third-order valence-electron chi connectivity index (χ3n) is 5.80. The van der Waals surface area contributed by atoms with Gasteiger partial charge in [-0.1, -0.05) is 29.8 Å². The van der Waals surface area contributed by atoms with Gasteiger partial charge in [-0.05, 0) is 32.2 Å². The third-order valence-corrected chi connectivity index (χ3v) is 6.09. The normalized spacial score (nSPS) is 17.9. The minimum Gasteiger partial charge on any atom is -0.493 e. The lowest BCUT2D eigenvalue weighted by atomic mass is 10.1. The molecule has 4 rings (SSSR count). The predicted molar refractivity (Wildman–Crippen MR) is 134 cm³/mol. The molecule has 1 fully saturated rings. The lowest BCUT2D eigenvalue weighted by Gasteiger charge is -2.18. The maximum absolute atomic E-state index is 14.5. The Labute approximate surface area is 208 Å². The number of fused-ring (bicyclic) bond motifs is 1. The van der Waals surface area contributed by atoms with Gasteiger partial charge in [0, 0.05) is 31.0 Å². The Morgan fingerprint density at radius 3 is 2.86 bits per heavy atom. The van der Waals surface area contributed by atoms with Crippen LogP contribution in [0.15, 0.2) is 48.8 Å². The summed E-state index contributed by atoms with van der Waals surface area (Å²) in [6.45, 7) is 6.69. The summed E-state index contributed by atoms with van der Waals surface area (Å²) in [5.74, 6) is 0.732. The average molecular weight is 500 g/mol. The van der Waals surface area contributed by atoms with E-state index in [0.29, 0.717) is 47.7 Å². The molecule has 2 heterocycles. The number of methoxy groups -OCH3 is 1. The first-order valence-corrected chi connectivity index (χ1v) is 11.5. The molecular formula is C25H27ClFN5O3. The van der Waals surface area contributed by atoms with Crippen molar-refractivity contribution in [2.75, 3.05) is 32.6 Å². The zero-order valence-corrected chi connectivity index (χ0v) is 20.5. The number of hydrogen-bond acceptors (Lipinski definition) is 7. The van der Waals surface area contributed by atoms with Crippen LogP contribution < -0.4 is 20.1 Å². The van der Waals surface area contributed by atoms with Gasteiger partial charge in [0.15, 0.2) is 17.3 Å². The van der Waals surface area contributed by atoms with Gasteiger partial charge in [0.25, 0.3) is 0 Å². The van der Waals surface area contributed by atoms with Gasteiger partial charge in [-0.2, -0.15) is 0 Å². The van der Waals surface area contributed by atoms with E-state index in [1.165, 1.54) is 12.4 Å². The number of halogens is 2. The lowest BCUT2D eigenvalue weighted by molar-refractivity contribution is -0.124. The van der Waals surface area contributed by atoms with Crippen LogP contribution in [0.3, 0.4) is 0 Å². The summed E-state index contributed by atoms with van der Waals surface area (Å²) >= 11 is 5.92. The van der Waals surface area contributed by atoms with E-state index < -0.39 is 5.82 Å². The van der Waals surface area contributed by atoms with Gasteiger partial charge in [-0.3, -0.25) is 9.69 Å². The highest BCUT2D eigenvalue weighted by Gasteiger charge is 2.36. The van der Waals surface area contributed by atoms with E-state index in [0.717, 1.165) is 5.57 Å². The van der Waals surface area contributed by atoms with Crippen LogP contribution in [0.2, 0.25) is 5.02 Å². The van der Waals surface area contributed by atoms with Crippen LogP contribution >= 0.6 is 11.6 Å². The van der Waals surface area contributed by atoms with Crippen LogP contribution in [0, 0.1) is 5.82 Å². The number of likely N-dealkylation sites (N-methyl/N-ethyl adjacent to an activating group) is 1. The SMILES string of the molecule is C=C(C)CNC(=O)[C@H]1C[C@H](Oc2cc3c(Nc4cccc(Cl)c4F)ncnc3cc2OC)CN1C. The van der Waals surface area contributed by atoms with E-state index in [2.05, 4.69) is 27.2 Å². The highest BCUT2D eigenvalue weighted by molar-refractivity contribution is 6.31. The number of rotatable bonds is 8. The number of hydrogen-bond donors (Lipinski definition) is 2. The van der Waals surface area contributed by atoms with Crippen molar-refractivity contribution in [3.8, 4) is 11.5 Å². The molecule has 0 unspecified atom stereocenters. The molecule has 0 spiro atoms. The molecule has 2 N–H and O–H groups in total. The molecule has 0 radical (unpaired) electrons. The van der Waals surface area contributed by atoms with Gasteiger partial charge in [0.05, 0.1) is 29.4 Å². The number of benzene rings is 2. The maximum atomic E-state index is 14.5. The van der Waals surface area contributed by atoms with Gasteiger partial charge < -0.3 is 20.1 Å². The highest BCUT2D eigenvalue weighted by atomic mass is 35.5. The molecule has 3 aromatic rings. The minimum atomic E-state index is -0.573. The maximum Gasteiger partial charge on any atom is 0.237 e. The fourth-order valence-corrected chi connectivity index (χ4v) is 4.20. The monoisotopic (exact) mass is 499 g/mol. The Kier molecular flexibility index (Phi) is 7.37. The van der Waals surface area contributed by atoms with Crippen LogP contribution in [0.4, 0.5) is 15.9 Å². The van der Waals surface area contributed by atoms with Crippen molar-refractivity contribution >= 4 is 39.9 Å². The van der Waals surface area contributed by atoms with Crippen molar-refractivity contribution in [1.82, 2.24) is 20.2 Å². The molecule has 1 aliphatic heterocycles. The summed E-state index contributed by atoms with van der Waals surface area (Å²) in [6.07, 6.45) is 1.66. The molecular weight excluding hydrogens is 473 g/mol. The van der Waals surface area contributed by atoms with Crippen molar-refractivity contribution in [2.45, 2.75) is 25.5 Å². The number of nitrogens with zero attached hydrogens (tertiary/aromatic N) is 3. The number of anilines is 2. The number of nitrogens with one attached hydrogen (secondary N) is 2. The molecule has 1 aromatic heterocycles. The van der Waals surface area contributed by atoms with E-state index in [-0.39, 0.29) is 28.8 Å². The highest BCUT2D eigenvalue weighted by Crippen LogP contribution is 2.37. The van der Waals surface area contributed by atoms with Crippen LogP contribution in [0.25, 0.3) is 10.9 Å². The summed E-state index contributed by atoms with van der Waals surface area (Å²) in [4.78, 5) is 23.1. The summed E-state index contributed by atoms with van der Waals surface area (Å²) in [5, 5.41) is 6.51. The number of carbonyl (C=O) groups excluding carboxylic acids is 1. The molecule has 1 aliphatic rings. The van der Waals surface area contributed by atoms with Crippen molar-refractivity contribution < 1.29 is 18.7 Å². The fourth-order valence-electron chi connectivity index (χ4n) is 4.02. The van der Waals surface area contributed by atoms with Gasteiger partial charge in [0.1, 0.15) is 18.2 Å². The molecule has 0 aliphatic carbocycles. The average Bonchev–Trinajstić information content (AvgIpc) is 3.20. The third kappa shape index (κ3) is 5.47. The molecule has 0 bridgehead atoms. The van der Waals surface area contributed by atoms with E-state index >= 15 is 0 Å². The van der Waals surface area contributed by atoms with Gasteiger partial charge in [0.2, 0.25) is 5.91 Å². The molecule has 10 heteroatoms. The zero-order chi connectivity index (χ0) is 25.1. The number of aromatic nitrogens is 2. The molecule has 1 saturated heterocycles. The summed E-state index contributed by atoms with van der Waals surface area (Å²) in [7, 11) is 3.44. The van der Waals surface area contributed by atoms with Crippen LogP contribution in [0.5, 0.6) is 11.5 Å². The number of likely N-dealkylation sites (tertiary alicyclic amines) is 1. The van der Waals surface area contributed by atoms with E-state index in [1.54, 1.807) is 31.4 Å². The van der Waals surface area contributed by atoms with Crippen molar-refractivity contribution in [1.29, 1.82) is 0 Å². The molecule has 2 aromatic carbocycles. The van der Waals surface area contributed by atoms with Crippen LogP contribution in [-0.2, 0) is 4.79 Å². The predicted octanol–water partition coefficient (Wildman–Crippen LogP) is 4.32. The van der Waals surface area contributed by atoms with E-state index in [9.17, 15) is 9.18 Å². The smallest absolute Gasteiger partial charge is 0.237 e. The molecule has 35 heavy (non-hydrogen) atoms. The Morgan fingerprint density at radius 1 is 1.31 bits per heavy atom. The Hall–Kier alpha value is -3.43. The summed E-state index contributed by atoms with van der Waals surface area (Å²) < 4.78 is 26.3. The number of ether oxygens (including phenoxy) is 2. The van der Waals surface area contributed by atoms with E-state index in [4.69, 9.17) is 21.1 Å². The van der Waals surface area contributed by atoms with Crippen LogP contribution in [0.1, 0.15) is 13.3 Å². The van der Waals surface area contributed by atoms with Crippen molar-refractivity contribution in [3.63, 3.8) is 0 Å². The fraction of sp³-hybridized carbons (Fsp3) is 0.320. The number of amides is 1. The second-order valence-corrected chi connectivity index (χ2v) is 8.98. The second-order valence-electron chi connectivity index (χ2n) is 8.57. The first-order chi connectivity index (χ1) is 16.8. The lowest BCUT2D eigenvalue weighted by Crippen LogP contribution is -2.41. The minimum absolute atomic E-state index is 0.00579. The molecule has 0 saturated carbocycles.